The highest BCUT2D eigenvalue weighted by Crippen LogP contribution is 2.37. The standard InChI is InChI=1S/C14H17F5N2/c1-21(8-13(15)16)12-5-2-9(7-20-10-3-4-10)6-11(12)14(17,18)19/h2,5-6,10,13,20H,3-4,7-8H2,1H3. The Hall–Kier alpha value is -1.37. The second-order valence-electron chi connectivity index (χ2n) is 5.28. The molecule has 2 rings (SSSR count). The van der Waals surface area contributed by atoms with Crippen LogP contribution in [0.25, 0.3) is 0 Å². The number of alkyl halides is 5. The van der Waals surface area contributed by atoms with E-state index >= 15 is 0 Å². The summed E-state index contributed by atoms with van der Waals surface area (Å²) in [5, 5.41) is 3.13. The van der Waals surface area contributed by atoms with Gasteiger partial charge in [0.15, 0.2) is 0 Å². The highest BCUT2D eigenvalue weighted by Gasteiger charge is 2.35. The molecule has 1 aliphatic carbocycles. The minimum atomic E-state index is -4.57. The van der Waals surface area contributed by atoms with Gasteiger partial charge in [-0.2, -0.15) is 13.2 Å². The highest BCUT2D eigenvalue weighted by molar-refractivity contribution is 5.56. The second-order valence-corrected chi connectivity index (χ2v) is 5.28. The normalized spacial score (nSPS) is 15.6. The average molecular weight is 308 g/mol. The van der Waals surface area contributed by atoms with E-state index in [1.165, 1.54) is 13.1 Å². The molecule has 0 atom stereocenters. The van der Waals surface area contributed by atoms with Crippen molar-refractivity contribution in [3.8, 4) is 0 Å². The van der Waals surface area contributed by atoms with Gasteiger partial charge < -0.3 is 10.2 Å². The van der Waals surface area contributed by atoms with Crippen LogP contribution in [-0.2, 0) is 12.7 Å². The molecule has 0 radical (unpaired) electrons. The molecular weight excluding hydrogens is 291 g/mol. The number of nitrogens with one attached hydrogen (secondary N) is 1. The van der Waals surface area contributed by atoms with Gasteiger partial charge in [-0.3, -0.25) is 0 Å². The summed E-state index contributed by atoms with van der Waals surface area (Å²) in [6.45, 7) is -0.380. The first kappa shape index (κ1) is 16.0. The molecule has 0 aliphatic heterocycles. The molecule has 1 saturated carbocycles. The molecule has 0 spiro atoms. The summed E-state index contributed by atoms with van der Waals surface area (Å²) in [4.78, 5) is 0.936. The number of anilines is 1. The van der Waals surface area contributed by atoms with Gasteiger partial charge >= 0.3 is 6.18 Å². The highest BCUT2D eigenvalue weighted by atomic mass is 19.4. The van der Waals surface area contributed by atoms with Crippen LogP contribution in [0.15, 0.2) is 18.2 Å². The molecule has 0 amide bonds. The maximum absolute atomic E-state index is 13.1. The van der Waals surface area contributed by atoms with Crippen LogP contribution in [0.2, 0.25) is 0 Å². The largest absolute Gasteiger partial charge is 0.418 e. The maximum atomic E-state index is 13.1. The minimum absolute atomic E-state index is 0.224. The van der Waals surface area contributed by atoms with Gasteiger partial charge in [-0.25, -0.2) is 8.78 Å². The molecule has 0 saturated heterocycles. The summed E-state index contributed by atoms with van der Waals surface area (Å²) in [5.41, 5.74) is -0.595. The van der Waals surface area contributed by atoms with E-state index in [0.29, 0.717) is 18.2 Å². The van der Waals surface area contributed by atoms with Gasteiger partial charge in [-0.15, -0.1) is 0 Å². The lowest BCUT2D eigenvalue weighted by atomic mass is 10.1. The third-order valence-electron chi connectivity index (χ3n) is 3.36. The van der Waals surface area contributed by atoms with E-state index in [9.17, 15) is 22.0 Å². The van der Waals surface area contributed by atoms with Gasteiger partial charge in [0.1, 0.15) is 0 Å². The van der Waals surface area contributed by atoms with Crippen LogP contribution in [0.1, 0.15) is 24.0 Å². The fourth-order valence-electron chi connectivity index (χ4n) is 2.11. The number of halogens is 5. The molecule has 0 unspecified atom stereocenters. The van der Waals surface area contributed by atoms with Crippen molar-refractivity contribution >= 4 is 5.69 Å². The van der Waals surface area contributed by atoms with E-state index in [0.717, 1.165) is 23.8 Å². The molecule has 0 bridgehead atoms. The molecule has 7 heteroatoms. The van der Waals surface area contributed by atoms with Crippen molar-refractivity contribution < 1.29 is 22.0 Å². The van der Waals surface area contributed by atoms with Gasteiger partial charge in [-0.05, 0) is 30.5 Å². The lowest BCUT2D eigenvalue weighted by Gasteiger charge is -2.24. The molecule has 0 aromatic heterocycles. The molecule has 2 nitrogen and oxygen atoms in total. The molecule has 1 fully saturated rings. The summed E-state index contributed by atoms with van der Waals surface area (Å²) in [5.74, 6) is 0. The van der Waals surface area contributed by atoms with E-state index < -0.39 is 24.7 Å². The van der Waals surface area contributed by atoms with E-state index in [4.69, 9.17) is 0 Å². The SMILES string of the molecule is CN(CC(F)F)c1ccc(CNC2CC2)cc1C(F)(F)F. The van der Waals surface area contributed by atoms with E-state index in [2.05, 4.69) is 5.32 Å². The lowest BCUT2D eigenvalue weighted by molar-refractivity contribution is -0.137. The summed E-state index contributed by atoms with van der Waals surface area (Å²) in [7, 11) is 1.23. The third kappa shape index (κ3) is 4.56. The lowest BCUT2D eigenvalue weighted by Crippen LogP contribution is -2.27. The van der Waals surface area contributed by atoms with Crippen LogP contribution in [0, 0.1) is 0 Å². The summed E-state index contributed by atoms with van der Waals surface area (Å²) < 4.78 is 64.0. The molecule has 0 heterocycles. The first-order valence-electron chi connectivity index (χ1n) is 6.70. The first-order valence-corrected chi connectivity index (χ1v) is 6.70. The van der Waals surface area contributed by atoms with Crippen molar-refractivity contribution in [2.24, 2.45) is 0 Å². The first-order chi connectivity index (χ1) is 9.77. The average Bonchev–Trinajstić information content (AvgIpc) is 3.18. The van der Waals surface area contributed by atoms with E-state index in [1.54, 1.807) is 6.07 Å². The minimum Gasteiger partial charge on any atom is -0.368 e. The molecule has 21 heavy (non-hydrogen) atoms. The molecule has 1 N–H and O–H groups in total. The van der Waals surface area contributed by atoms with Gasteiger partial charge in [0.2, 0.25) is 0 Å². The quantitative estimate of drug-likeness (QED) is 0.807. The zero-order valence-corrected chi connectivity index (χ0v) is 11.6. The molecule has 118 valence electrons. The number of nitrogens with zero attached hydrogens (tertiary/aromatic N) is 1. The van der Waals surface area contributed by atoms with Gasteiger partial charge in [0.25, 0.3) is 6.43 Å². The summed E-state index contributed by atoms with van der Waals surface area (Å²) in [6.07, 6.45) is -5.17. The number of hydrogen-bond donors (Lipinski definition) is 1. The van der Waals surface area contributed by atoms with Crippen LogP contribution >= 0.6 is 0 Å². The Morgan fingerprint density at radius 2 is 1.95 bits per heavy atom. The van der Waals surface area contributed by atoms with Gasteiger partial charge in [-0.1, -0.05) is 6.07 Å². The Morgan fingerprint density at radius 1 is 1.29 bits per heavy atom. The topological polar surface area (TPSA) is 15.3 Å². The van der Waals surface area contributed by atoms with E-state index in [1.807, 2.05) is 0 Å². The second kappa shape index (κ2) is 6.17. The summed E-state index contributed by atoms with van der Waals surface area (Å²) in [6, 6.07) is 4.23. The van der Waals surface area contributed by atoms with Crippen molar-refractivity contribution in [2.45, 2.75) is 38.0 Å². The Balaban J connectivity index is 2.21. The van der Waals surface area contributed by atoms with Crippen molar-refractivity contribution in [1.29, 1.82) is 0 Å². The Bertz CT molecular complexity index is 483. The fourth-order valence-corrected chi connectivity index (χ4v) is 2.11. The predicted octanol–water partition coefficient (Wildman–Crippen LogP) is 3.66. The maximum Gasteiger partial charge on any atom is 0.418 e. The van der Waals surface area contributed by atoms with Crippen molar-refractivity contribution in [3.05, 3.63) is 29.3 Å². The summed E-state index contributed by atoms with van der Waals surface area (Å²) >= 11 is 0. The molecule has 1 aromatic carbocycles. The zero-order chi connectivity index (χ0) is 15.6. The fraction of sp³-hybridized carbons (Fsp3) is 0.571. The Kier molecular flexibility index (Phi) is 4.70. The number of hydrogen-bond acceptors (Lipinski definition) is 2. The molecule has 1 aromatic rings. The number of rotatable bonds is 6. The Morgan fingerprint density at radius 3 is 2.48 bits per heavy atom. The van der Waals surface area contributed by atoms with Crippen molar-refractivity contribution in [1.82, 2.24) is 5.32 Å². The van der Waals surface area contributed by atoms with Gasteiger partial charge in [0.05, 0.1) is 12.1 Å². The van der Waals surface area contributed by atoms with Crippen LogP contribution in [0.5, 0.6) is 0 Å². The molecular formula is C14H17F5N2. The van der Waals surface area contributed by atoms with Gasteiger partial charge in [0, 0.05) is 25.3 Å². The van der Waals surface area contributed by atoms with Crippen LogP contribution in [0.4, 0.5) is 27.6 Å². The zero-order valence-electron chi connectivity index (χ0n) is 11.6. The Labute approximate surface area is 119 Å². The van der Waals surface area contributed by atoms with Crippen LogP contribution in [0.3, 0.4) is 0 Å². The van der Waals surface area contributed by atoms with Crippen LogP contribution < -0.4 is 10.2 Å². The van der Waals surface area contributed by atoms with Crippen molar-refractivity contribution in [3.63, 3.8) is 0 Å². The van der Waals surface area contributed by atoms with Crippen LogP contribution in [-0.4, -0.2) is 26.1 Å². The predicted molar refractivity (Wildman–Crippen MR) is 70.6 cm³/mol. The number of benzene rings is 1. The molecule has 1 aliphatic rings. The van der Waals surface area contributed by atoms with E-state index in [-0.39, 0.29) is 5.69 Å². The van der Waals surface area contributed by atoms with Crippen molar-refractivity contribution in [2.75, 3.05) is 18.5 Å². The monoisotopic (exact) mass is 308 g/mol. The third-order valence-corrected chi connectivity index (χ3v) is 3.36. The smallest absolute Gasteiger partial charge is 0.368 e.